The number of aromatic nitrogens is 1. The molecule has 2 aliphatic heterocycles. The van der Waals surface area contributed by atoms with Crippen LogP contribution in [0.25, 0.3) is 0 Å². The standard InChI is InChI=1S/C23H29N3O/c1-27-21-7-3-2-6-20(21)26-14-11-23(17-26)10-13-25(16-23)15-19-9-8-18-5-4-12-24-22(18)19/h2-7,12,19H,8-11,13-17H2,1H3. The molecule has 4 heteroatoms. The molecule has 3 heterocycles. The van der Waals surface area contributed by atoms with Crippen molar-refractivity contribution in [1.29, 1.82) is 0 Å². The van der Waals surface area contributed by atoms with Crippen LogP contribution in [0.3, 0.4) is 0 Å². The van der Waals surface area contributed by atoms with Crippen LogP contribution in [0.5, 0.6) is 5.75 Å². The number of likely N-dealkylation sites (tertiary alicyclic amines) is 1. The van der Waals surface area contributed by atoms with Crippen molar-refractivity contribution in [2.75, 3.05) is 44.7 Å². The van der Waals surface area contributed by atoms with Gasteiger partial charge < -0.3 is 14.5 Å². The highest BCUT2D eigenvalue weighted by Crippen LogP contribution is 2.44. The number of hydrogen-bond donors (Lipinski definition) is 0. The third kappa shape index (κ3) is 3.10. The number of ether oxygens (including phenoxy) is 1. The zero-order valence-corrected chi connectivity index (χ0v) is 16.2. The molecule has 0 N–H and O–H groups in total. The van der Waals surface area contributed by atoms with Crippen molar-refractivity contribution >= 4 is 5.69 Å². The summed E-state index contributed by atoms with van der Waals surface area (Å²) >= 11 is 0. The van der Waals surface area contributed by atoms with Gasteiger partial charge in [0.05, 0.1) is 12.8 Å². The van der Waals surface area contributed by atoms with Crippen molar-refractivity contribution in [2.45, 2.75) is 31.6 Å². The van der Waals surface area contributed by atoms with Gasteiger partial charge in [0.25, 0.3) is 0 Å². The summed E-state index contributed by atoms with van der Waals surface area (Å²) in [5.74, 6) is 1.63. The highest BCUT2D eigenvalue weighted by atomic mass is 16.5. The van der Waals surface area contributed by atoms with Crippen LogP contribution < -0.4 is 9.64 Å². The summed E-state index contributed by atoms with van der Waals surface area (Å²) in [5.41, 5.74) is 4.54. The first-order chi connectivity index (χ1) is 13.3. The third-order valence-corrected chi connectivity index (χ3v) is 6.94. The number of rotatable bonds is 4. The molecular formula is C23H29N3O. The maximum Gasteiger partial charge on any atom is 0.142 e. The third-order valence-electron chi connectivity index (χ3n) is 6.94. The summed E-state index contributed by atoms with van der Waals surface area (Å²) in [6.45, 7) is 5.95. The van der Waals surface area contributed by atoms with Crippen molar-refractivity contribution < 1.29 is 4.74 Å². The minimum atomic E-state index is 0.451. The van der Waals surface area contributed by atoms with E-state index in [1.165, 1.54) is 62.3 Å². The molecule has 2 fully saturated rings. The Morgan fingerprint density at radius 1 is 1.11 bits per heavy atom. The van der Waals surface area contributed by atoms with Crippen LogP contribution >= 0.6 is 0 Å². The minimum Gasteiger partial charge on any atom is -0.495 e. The second-order valence-corrected chi connectivity index (χ2v) is 8.61. The second kappa shape index (κ2) is 6.83. The van der Waals surface area contributed by atoms with E-state index in [2.05, 4.69) is 46.2 Å². The van der Waals surface area contributed by atoms with Crippen molar-refractivity contribution in [2.24, 2.45) is 5.41 Å². The van der Waals surface area contributed by atoms with Gasteiger partial charge in [0, 0.05) is 49.4 Å². The number of aryl methyl sites for hydroxylation is 1. The molecule has 27 heavy (non-hydrogen) atoms. The molecule has 2 saturated heterocycles. The number of anilines is 1. The molecule has 1 spiro atoms. The van der Waals surface area contributed by atoms with Gasteiger partial charge >= 0.3 is 0 Å². The lowest BCUT2D eigenvalue weighted by atomic mass is 9.86. The summed E-state index contributed by atoms with van der Waals surface area (Å²) < 4.78 is 5.59. The summed E-state index contributed by atoms with van der Waals surface area (Å²) in [4.78, 5) is 9.94. The smallest absolute Gasteiger partial charge is 0.142 e. The molecule has 1 aromatic carbocycles. The number of para-hydroxylation sites is 2. The molecule has 2 aromatic rings. The van der Waals surface area contributed by atoms with Gasteiger partial charge in [-0.3, -0.25) is 4.98 Å². The van der Waals surface area contributed by atoms with Gasteiger partial charge in [-0.1, -0.05) is 18.2 Å². The topological polar surface area (TPSA) is 28.6 Å². The summed E-state index contributed by atoms with van der Waals surface area (Å²) in [6.07, 6.45) is 7.05. The molecule has 1 aromatic heterocycles. The van der Waals surface area contributed by atoms with E-state index in [4.69, 9.17) is 9.72 Å². The Kier molecular flexibility index (Phi) is 4.31. The van der Waals surface area contributed by atoms with Gasteiger partial charge in [-0.25, -0.2) is 0 Å². The van der Waals surface area contributed by atoms with Crippen LogP contribution in [0, 0.1) is 5.41 Å². The van der Waals surface area contributed by atoms with E-state index in [1.807, 2.05) is 6.20 Å². The fraction of sp³-hybridized carbons (Fsp3) is 0.522. The Labute approximate surface area is 162 Å². The van der Waals surface area contributed by atoms with Crippen LogP contribution in [0.1, 0.15) is 36.4 Å². The molecular weight excluding hydrogens is 334 g/mol. The first-order valence-electron chi connectivity index (χ1n) is 10.3. The van der Waals surface area contributed by atoms with Gasteiger partial charge in [0.15, 0.2) is 0 Å². The van der Waals surface area contributed by atoms with Crippen LogP contribution in [-0.2, 0) is 6.42 Å². The zero-order chi connectivity index (χ0) is 18.3. The van der Waals surface area contributed by atoms with Crippen molar-refractivity contribution in [3.05, 3.63) is 53.9 Å². The van der Waals surface area contributed by atoms with Crippen molar-refractivity contribution in [3.8, 4) is 5.75 Å². The molecule has 2 atom stereocenters. The predicted molar refractivity (Wildman–Crippen MR) is 109 cm³/mol. The maximum atomic E-state index is 5.59. The Hall–Kier alpha value is -2.07. The molecule has 4 nitrogen and oxygen atoms in total. The molecule has 3 aliphatic rings. The predicted octanol–water partition coefficient (Wildman–Crippen LogP) is 3.72. The van der Waals surface area contributed by atoms with Gasteiger partial charge in [-0.15, -0.1) is 0 Å². The molecule has 0 radical (unpaired) electrons. The molecule has 0 amide bonds. The summed E-state index contributed by atoms with van der Waals surface area (Å²) in [5, 5.41) is 0. The quantitative estimate of drug-likeness (QED) is 0.828. The van der Waals surface area contributed by atoms with Crippen molar-refractivity contribution in [3.63, 3.8) is 0 Å². The summed E-state index contributed by atoms with van der Waals surface area (Å²) in [6, 6.07) is 12.8. The second-order valence-electron chi connectivity index (χ2n) is 8.61. The van der Waals surface area contributed by atoms with Crippen LogP contribution in [0.4, 0.5) is 5.69 Å². The van der Waals surface area contributed by atoms with Crippen molar-refractivity contribution in [1.82, 2.24) is 9.88 Å². The van der Waals surface area contributed by atoms with Gasteiger partial charge in [0.1, 0.15) is 5.75 Å². The lowest BCUT2D eigenvalue weighted by Gasteiger charge is -2.27. The van der Waals surface area contributed by atoms with Gasteiger partial charge in [-0.05, 0) is 56.0 Å². The van der Waals surface area contributed by atoms with Crippen LogP contribution in [0.2, 0.25) is 0 Å². The fourth-order valence-electron chi connectivity index (χ4n) is 5.53. The number of fused-ring (bicyclic) bond motifs is 1. The average molecular weight is 364 g/mol. The highest BCUT2D eigenvalue weighted by molar-refractivity contribution is 5.59. The Balaban J connectivity index is 1.25. The normalized spacial score (nSPS) is 27.4. The van der Waals surface area contributed by atoms with Crippen LogP contribution in [0.15, 0.2) is 42.6 Å². The largest absolute Gasteiger partial charge is 0.495 e. The Morgan fingerprint density at radius 3 is 2.93 bits per heavy atom. The Bertz CT molecular complexity index is 823. The molecule has 2 unspecified atom stereocenters. The first-order valence-corrected chi connectivity index (χ1v) is 10.3. The maximum absolute atomic E-state index is 5.59. The fourth-order valence-corrected chi connectivity index (χ4v) is 5.53. The van der Waals surface area contributed by atoms with Gasteiger partial charge in [-0.2, -0.15) is 0 Å². The lowest BCUT2D eigenvalue weighted by molar-refractivity contribution is 0.261. The number of nitrogens with zero attached hydrogens (tertiary/aromatic N) is 3. The number of hydrogen-bond acceptors (Lipinski definition) is 4. The monoisotopic (exact) mass is 363 g/mol. The SMILES string of the molecule is COc1ccccc1N1CCC2(CCN(CC3CCc4cccnc43)C2)C1. The number of benzene rings is 1. The molecule has 0 bridgehead atoms. The first kappa shape index (κ1) is 17.1. The number of methoxy groups -OCH3 is 1. The highest BCUT2D eigenvalue weighted by Gasteiger charge is 2.44. The summed E-state index contributed by atoms with van der Waals surface area (Å²) in [7, 11) is 1.77. The van der Waals surface area contributed by atoms with E-state index < -0.39 is 0 Å². The lowest BCUT2D eigenvalue weighted by Crippen LogP contribution is -2.32. The molecule has 1 aliphatic carbocycles. The van der Waals surface area contributed by atoms with Crippen LogP contribution in [-0.4, -0.2) is 49.7 Å². The van der Waals surface area contributed by atoms with E-state index in [0.29, 0.717) is 11.3 Å². The van der Waals surface area contributed by atoms with E-state index in [0.717, 1.165) is 18.8 Å². The molecule has 142 valence electrons. The molecule has 0 saturated carbocycles. The average Bonchev–Trinajstić information content (AvgIpc) is 3.42. The van der Waals surface area contributed by atoms with E-state index in [1.54, 1.807) is 7.11 Å². The molecule has 5 rings (SSSR count). The zero-order valence-electron chi connectivity index (χ0n) is 16.2. The van der Waals surface area contributed by atoms with E-state index >= 15 is 0 Å². The van der Waals surface area contributed by atoms with E-state index in [9.17, 15) is 0 Å². The Morgan fingerprint density at radius 2 is 2.00 bits per heavy atom. The number of pyridine rings is 1. The van der Waals surface area contributed by atoms with E-state index in [-0.39, 0.29) is 0 Å². The minimum absolute atomic E-state index is 0.451. The van der Waals surface area contributed by atoms with Gasteiger partial charge in [0.2, 0.25) is 0 Å².